The Hall–Kier alpha value is -1.31. The maximum absolute atomic E-state index is 5.24. The van der Waals surface area contributed by atoms with Crippen molar-refractivity contribution >= 4 is 6.21 Å². The van der Waals surface area contributed by atoms with E-state index >= 15 is 0 Å². The zero-order valence-electron chi connectivity index (χ0n) is 9.78. The van der Waals surface area contributed by atoms with E-state index in [1.807, 2.05) is 0 Å². The van der Waals surface area contributed by atoms with Crippen LogP contribution >= 0.6 is 0 Å². The molecule has 0 aromatic heterocycles. The van der Waals surface area contributed by atoms with Crippen molar-refractivity contribution < 1.29 is 4.84 Å². The molecule has 0 unspecified atom stereocenters. The molecule has 2 rings (SSSR count). The van der Waals surface area contributed by atoms with Crippen molar-refractivity contribution in [2.45, 2.75) is 39.2 Å². The van der Waals surface area contributed by atoms with Crippen molar-refractivity contribution in [2.24, 2.45) is 11.1 Å². The molecule has 1 radical (unpaired) electrons. The number of nitrogens with zero attached hydrogens (tertiary/aromatic N) is 1. The van der Waals surface area contributed by atoms with Gasteiger partial charge in [-0.05, 0) is 30.4 Å². The monoisotopic (exact) mass is 216 g/mol. The van der Waals surface area contributed by atoms with Crippen LogP contribution in [-0.4, -0.2) is 6.21 Å². The molecule has 0 saturated heterocycles. The Bertz CT molecular complexity index is 356. The van der Waals surface area contributed by atoms with Crippen molar-refractivity contribution in [3.05, 3.63) is 35.4 Å². The Morgan fingerprint density at radius 3 is 2.88 bits per heavy atom. The van der Waals surface area contributed by atoms with Crippen molar-refractivity contribution in [2.75, 3.05) is 0 Å². The molecule has 0 N–H and O–H groups in total. The Balaban J connectivity index is 1.77. The van der Waals surface area contributed by atoms with Gasteiger partial charge in [0.25, 0.3) is 0 Å². The van der Waals surface area contributed by atoms with Gasteiger partial charge in [-0.25, -0.2) is 0 Å². The lowest BCUT2D eigenvalue weighted by Crippen LogP contribution is -2.11. The molecule has 1 saturated carbocycles. The van der Waals surface area contributed by atoms with Gasteiger partial charge in [-0.2, -0.15) is 0 Å². The largest absolute Gasteiger partial charge is 0.391 e. The minimum atomic E-state index is 0.543. The van der Waals surface area contributed by atoms with E-state index in [2.05, 4.69) is 42.6 Å². The maximum atomic E-state index is 5.24. The predicted octanol–water partition coefficient (Wildman–Crippen LogP) is 3.43. The van der Waals surface area contributed by atoms with Crippen molar-refractivity contribution in [1.29, 1.82) is 0 Å². The van der Waals surface area contributed by atoms with E-state index in [1.54, 1.807) is 0 Å². The van der Waals surface area contributed by atoms with Crippen LogP contribution in [0.1, 0.15) is 37.3 Å². The normalized spacial score (nSPS) is 16.3. The van der Waals surface area contributed by atoms with E-state index in [-0.39, 0.29) is 0 Å². The molecular weight excluding hydrogens is 198 g/mol. The zero-order valence-corrected chi connectivity index (χ0v) is 9.78. The second-order valence-electron chi connectivity index (χ2n) is 4.30. The van der Waals surface area contributed by atoms with E-state index in [1.165, 1.54) is 30.4 Å². The van der Waals surface area contributed by atoms with E-state index in [9.17, 15) is 0 Å². The zero-order chi connectivity index (χ0) is 11.2. The molecule has 1 aliphatic rings. The minimum Gasteiger partial charge on any atom is -0.391 e. The minimum absolute atomic E-state index is 0.543. The molecule has 0 atom stereocenters. The molecule has 85 valence electrons. The summed E-state index contributed by atoms with van der Waals surface area (Å²) in [4.78, 5) is 5.24. The second-order valence-corrected chi connectivity index (χ2v) is 4.30. The van der Waals surface area contributed by atoms with Crippen LogP contribution in [0.4, 0.5) is 0 Å². The summed E-state index contributed by atoms with van der Waals surface area (Å²) in [6, 6.07) is 8.43. The Kier molecular flexibility index (Phi) is 3.97. The molecule has 0 spiro atoms. The summed E-state index contributed by atoms with van der Waals surface area (Å²) >= 11 is 0. The van der Waals surface area contributed by atoms with Crippen LogP contribution in [-0.2, 0) is 17.9 Å². The summed E-state index contributed by atoms with van der Waals surface area (Å²) in [6.07, 6.45) is 7.83. The third-order valence-corrected chi connectivity index (χ3v) is 3.04. The Labute approximate surface area is 97.3 Å². The van der Waals surface area contributed by atoms with Crippen molar-refractivity contribution in [3.63, 3.8) is 0 Å². The van der Waals surface area contributed by atoms with Crippen LogP contribution in [0.5, 0.6) is 0 Å². The summed E-state index contributed by atoms with van der Waals surface area (Å²) in [5, 5.41) is 3.89. The second kappa shape index (κ2) is 5.69. The lowest BCUT2D eigenvalue weighted by atomic mass is 9.87. The number of benzene rings is 1. The first-order valence-electron chi connectivity index (χ1n) is 6.04. The highest BCUT2D eigenvalue weighted by molar-refractivity contribution is 5.60. The smallest absolute Gasteiger partial charge is 0.142 e. The Morgan fingerprint density at radius 1 is 1.38 bits per heavy atom. The first kappa shape index (κ1) is 11.2. The van der Waals surface area contributed by atoms with Gasteiger partial charge >= 0.3 is 0 Å². The average Bonchev–Trinajstić information content (AvgIpc) is 2.27. The van der Waals surface area contributed by atoms with Gasteiger partial charge in [0.1, 0.15) is 12.8 Å². The van der Waals surface area contributed by atoms with E-state index in [0.29, 0.717) is 12.5 Å². The highest BCUT2D eigenvalue weighted by atomic mass is 16.6. The molecule has 1 aromatic rings. The van der Waals surface area contributed by atoms with Gasteiger partial charge in [-0.3, -0.25) is 0 Å². The van der Waals surface area contributed by atoms with Gasteiger partial charge < -0.3 is 4.84 Å². The summed E-state index contributed by atoms with van der Waals surface area (Å²) in [5.41, 5.74) is 2.52. The van der Waals surface area contributed by atoms with Crippen LogP contribution in [0.3, 0.4) is 0 Å². The third kappa shape index (κ3) is 3.09. The molecule has 2 heteroatoms. The summed E-state index contributed by atoms with van der Waals surface area (Å²) in [6.45, 7) is 2.70. The van der Waals surface area contributed by atoms with Gasteiger partial charge in [0.05, 0.1) is 0 Å². The van der Waals surface area contributed by atoms with E-state index in [4.69, 9.17) is 4.84 Å². The molecule has 0 aliphatic heterocycles. The molecular formula is C14H18NO. The molecule has 2 nitrogen and oxygen atoms in total. The average molecular weight is 216 g/mol. The summed E-state index contributed by atoms with van der Waals surface area (Å²) in [7, 11) is 0. The molecule has 1 aromatic carbocycles. The first-order valence-corrected chi connectivity index (χ1v) is 6.04. The molecule has 0 heterocycles. The number of rotatable bonds is 5. The Morgan fingerprint density at radius 2 is 2.19 bits per heavy atom. The fraction of sp³-hybridized carbons (Fsp3) is 0.500. The van der Waals surface area contributed by atoms with Gasteiger partial charge in [0, 0.05) is 5.92 Å². The highest BCUT2D eigenvalue weighted by Crippen LogP contribution is 2.24. The molecule has 0 amide bonds. The summed E-state index contributed by atoms with van der Waals surface area (Å²) < 4.78 is 0. The van der Waals surface area contributed by atoms with Crippen LogP contribution in [0.2, 0.25) is 0 Å². The molecule has 16 heavy (non-hydrogen) atoms. The molecule has 1 fully saturated rings. The quantitative estimate of drug-likeness (QED) is 0.546. The van der Waals surface area contributed by atoms with E-state index in [0.717, 1.165) is 6.42 Å². The highest BCUT2D eigenvalue weighted by Gasteiger charge is 2.15. The lowest BCUT2D eigenvalue weighted by Gasteiger charge is -2.18. The molecule has 1 aliphatic carbocycles. The predicted molar refractivity (Wildman–Crippen MR) is 65.4 cm³/mol. The van der Waals surface area contributed by atoms with Crippen LogP contribution in [0, 0.1) is 5.92 Å². The van der Waals surface area contributed by atoms with E-state index < -0.39 is 0 Å². The topological polar surface area (TPSA) is 21.6 Å². The number of hydrogen-bond acceptors (Lipinski definition) is 2. The summed E-state index contributed by atoms with van der Waals surface area (Å²) in [5.74, 6) is 0.543. The standard InChI is InChI=1S/C14H18NO/c1-2-12-5-3-8-14(9-12)11-16-15-10-13-6-4-7-13/h3,5,8-9,13H,2,4,6-7,11H2,1H3. The first-order chi connectivity index (χ1) is 7.88. The maximum Gasteiger partial charge on any atom is 0.142 e. The van der Waals surface area contributed by atoms with Crippen LogP contribution in [0.15, 0.2) is 29.4 Å². The van der Waals surface area contributed by atoms with Gasteiger partial charge in [0.15, 0.2) is 0 Å². The van der Waals surface area contributed by atoms with Crippen LogP contribution < -0.4 is 0 Å². The van der Waals surface area contributed by atoms with Crippen molar-refractivity contribution in [3.8, 4) is 0 Å². The van der Waals surface area contributed by atoms with Gasteiger partial charge in [-0.1, -0.05) is 42.8 Å². The van der Waals surface area contributed by atoms with Gasteiger partial charge in [-0.15, -0.1) is 0 Å². The molecule has 0 bridgehead atoms. The third-order valence-electron chi connectivity index (χ3n) is 3.04. The SMILES string of the molecule is CCc1cccc(CO/N=[C]\C2CCC2)c1. The van der Waals surface area contributed by atoms with Crippen LogP contribution in [0.25, 0.3) is 0 Å². The lowest BCUT2D eigenvalue weighted by molar-refractivity contribution is 0.129. The van der Waals surface area contributed by atoms with Gasteiger partial charge in [0.2, 0.25) is 0 Å². The van der Waals surface area contributed by atoms with Crippen molar-refractivity contribution in [1.82, 2.24) is 0 Å². The fourth-order valence-corrected chi connectivity index (χ4v) is 1.70. The number of hydrogen-bond donors (Lipinski definition) is 0. The fourth-order valence-electron chi connectivity index (χ4n) is 1.70. The number of aryl methyl sites for hydroxylation is 1.